The molecule has 0 heterocycles. The van der Waals surface area contributed by atoms with E-state index in [4.69, 9.17) is 37.0 Å². The minimum atomic E-state index is -4.99. The molecule has 19 heteroatoms. The minimum absolute atomic E-state index is 0.0370. The van der Waals surface area contributed by atoms with Crippen molar-refractivity contribution in [3.8, 4) is 0 Å². The second-order valence-electron chi connectivity index (χ2n) is 25.5. The summed E-state index contributed by atoms with van der Waals surface area (Å²) in [6.07, 6.45) is 79.0. The van der Waals surface area contributed by atoms with Crippen molar-refractivity contribution in [1.29, 1.82) is 0 Å². The molecule has 0 saturated carbocycles. The Labute approximate surface area is 606 Å². The first-order chi connectivity index (χ1) is 48.7. The molecule has 0 aliphatic carbocycles. The van der Waals surface area contributed by atoms with Crippen LogP contribution in [0.25, 0.3) is 0 Å². The molecule has 0 radical (unpaired) electrons. The molecule has 574 valence electrons. The van der Waals surface area contributed by atoms with Crippen LogP contribution in [-0.2, 0) is 65.4 Å². The molecular formula is C81H138O17P2. The molecule has 0 fully saturated rings. The van der Waals surface area contributed by atoms with Gasteiger partial charge in [0.05, 0.1) is 26.4 Å². The number of hydrogen-bond acceptors (Lipinski definition) is 15. The van der Waals surface area contributed by atoms with Crippen LogP contribution in [0.2, 0.25) is 0 Å². The summed E-state index contributed by atoms with van der Waals surface area (Å²) >= 11 is 0. The van der Waals surface area contributed by atoms with E-state index < -0.39 is 97.5 Å². The lowest BCUT2D eigenvalue weighted by atomic mass is 10.0. The van der Waals surface area contributed by atoms with Crippen molar-refractivity contribution in [3.63, 3.8) is 0 Å². The van der Waals surface area contributed by atoms with Crippen LogP contribution in [0.15, 0.2) is 122 Å². The number of unbranched alkanes of at least 4 members (excludes halogenated alkanes) is 26. The van der Waals surface area contributed by atoms with Crippen LogP contribution in [0.5, 0.6) is 0 Å². The molecule has 0 rings (SSSR count). The first-order valence-electron chi connectivity index (χ1n) is 38.8. The molecule has 0 aliphatic rings. The molecule has 0 aliphatic heterocycles. The van der Waals surface area contributed by atoms with Crippen molar-refractivity contribution in [3.05, 3.63) is 122 Å². The normalized spacial score (nSPS) is 14.6. The summed E-state index contributed by atoms with van der Waals surface area (Å²) in [6, 6.07) is 0. The van der Waals surface area contributed by atoms with E-state index in [-0.39, 0.29) is 25.7 Å². The van der Waals surface area contributed by atoms with Crippen LogP contribution < -0.4 is 0 Å². The van der Waals surface area contributed by atoms with Crippen molar-refractivity contribution < 1.29 is 80.2 Å². The number of phosphoric ester groups is 2. The number of rotatable bonds is 72. The molecule has 0 aromatic rings. The van der Waals surface area contributed by atoms with E-state index >= 15 is 0 Å². The van der Waals surface area contributed by atoms with Gasteiger partial charge in [0, 0.05) is 25.7 Å². The Kier molecular flexibility index (Phi) is 69.5. The standard InChI is InChI=1S/C81H138O17P2/c1-5-9-13-17-21-25-29-33-35-36-37-38-40-43-46-50-54-58-62-66-79(84)92-72-77(98-81(86)68-64-60-56-52-48-44-39-34-30-26-22-18-14-10-6-2)74-96-100(89,90)94-70-75(82)69-93-99(87,88)95-73-76(97-80(85)67-63-59-55-51-47-42-32-28-24-20-16-12-8-4)71-91-78(83)65-61-57-53-49-45-41-31-27-23-19-15-11-7-3/h9-10,13-15,19,21-22,25-27,31,33-35,37-39,48,52,75-77,82H,5-8,11-12,16-18,20,23-24,28-30,32,36,40-47,49-51,53-74H2,1-4H3,(H,87,88)(H,89,90)/b13-9-,14-10-,19-15-,25-21-,26-22-,31-27-,35-33-,38-37-,39-34-,52-48-. The van der Waals surface area contributed by atoms with E-state index in [1.54, 1.807) is 0 Å². The van der Waals surface area contributed by atoms with E-state index in [0.29, 0.717) is 32.1 Å². The van der Waals surface area contributed by atoms with Crippen molar-refractivity contribution in [2.75, 3.05) is 39.6 Å². The predicted molar refractivity (Wildman–Crippen MR) is 408 cm³/mol. The lowest BCUT2D eigenvalue weighted by Gasteiger charge is -2.21. The van der Waals surface area contributed by atoms with Crippen LogP contribution in [0.4, 0.5) is 0 Å². The van der Waals surface area contributed by atoms with Gasteiger partial charge < -0.3 is 33.8 Å². The molecule has 5 atom stereocenters. The van der Waals surface area contributed by atoms with Gasteiger partial charge in [0.25, 0.3) is 0 Å². The van der Waals surface area contributed by atoms with Crippen LogP contribution in [0.1, 0.15) is 310 Å². The first-order valence-corrected chi connectivity index (χ1v) is 41.8. The summed E-state index contributed by atoms with van der Waals surface area (Å²) in [5.41, 5.74) is 0. The number of carbonyl (C=O) groups excluding carboxylic acids is 4. The zero-order valence-corrected chi connectivity index (χ0v) is 64.4. The highest BCUT2D eigenvalue weighted by molar-refractivity contribution is 7.47. The molecule has 0 amide bonds. The van der Waals surface area contributed by atoms with Crippen LogP contribution in [0.3, 0.4) is 0 Å². The van der Waals surface area contributed by atoms with Gasteiger partial charge in [-0.15, -0.1) is 0 Å². The quantitative estimate of drug-likeness (QED) is 0.0169. The molecule has 0 spiro atoms. The Hall–Kier alpha value is -4.54. The molecule has 5 unspecified atom stereocenters. The van der Waals surface area contributed by atoms with Crippen molar-refractivity contribution in [2.45, 2.75) is 329 Å². The number of esters is 4. The monoisotopic (exact) mass is 1440 g/mol. The van der Waals surface area contributed by atoms with Crippen LogP contribution in [0, 0.1) is 0 Å². The lowest BCUT2D eigenvalue weighted by Crippen LogP contribution is -2.30. The second-order valence-corrected chi connectivity index (χ2v) is 28.4. The van der Waals surface area contributed by atoms with E-state index in [1.807, 2.05) is 0 Å². The number of hydrogen-bond donors (Lipinski definition) is 3. The van der Waals surface area contributed by atoms with Gasteiger partial charge in [-0.25, -0.2) is 9.13 Å². The number of aliphatic hydroxyl groups is 1. The summed E-state index contributed by atoms with van der Waals surface area (Å²) in [7, 11) is -9.97. The van der Waals surface area contributed by atoms with E-state index in [0.717, 1.165) is 173 Å². The molecule has 3 N–H and O–H groups in total. The van der Waals surface area contributed by atoms with Gasteiger partial charge >= 0.3 is 39.5 Å². The smallest absolute Gasteiger partial charge is 0.462 e. The molecule has 17 nitrogen and oxygen atoms in total. The highest BCUT2D eigenvalue weighted by Gasteiger charge is 2.30. The Morgan fingerprint density at radius 2 is 0.540 bits per heavy atom. The summed E-state index contributed by atoms with van der Waals surface area (Å²) in [6.45, 7) is 4.51. The van der Waals surface area contributed by atoms with Gasteiger partial charge in [-0.05, 0) is 128 Å². The van der Waals surface area contributed by atoms with Gasteiger partial charge in [0.2, 0.25) is 0 Å². The maximum atomic E-state index is 13.1. The largest absolute Gasteiger partial charge is 0.472 e. The number of ether oxygens (including phenoxy) is 4. The summed E-state index contributed by atoms with van der Waals surface area (Å²) in [5.74, 6) is -2.25. The summed E-state index contributed by atoms with van der Waals surface area (Å²) in [4.78, 5) is 72.9. The zero-order chi connectivity index (χ0) is 73.2. The van der Waals surface area contributed by atoms with Gasteiger partial charge in [-0.1, -0.05) is 278 Å². The third-order valence-electron chi connectivity index (χ3n) is 15.9. The molecule has 0 aromatic heterocycles. The average Bonchev–Trinajstić information content (AvgIpc) is 0.946. The van der Waals surface area contributed by atoms with Crippen molar-refractivity contribution in [2.24, 2.45) is 0 Å². The summed E-state index contributed by atoms with van der Waals surface area (Å²) in [5, 5.41) is 10.6. The highest BCUT2D eigenvalue weighted by atomic mass is 31.2. The number of carbonyl (C=O) groups is 4. The Morgan fingerprint density at radius 3 is 0.860 bits per heavy atom. The van der Waals surface area contributed by atoms with Gasteiger partial charge in [-0.3, -0.25) is 37.3 Å². The molecule has 0 saturated heterocycles. The maximum absolute atomic E-state index is 13.1. The Morgan fingerprint density at radius 1 is 0.290 bits per heavy atom. The Balaban J connectivity index is 5.39. The number of allylic oxidation sites excluding steroid dienone is 20. The minimum Gasteiger partial charge on any atom is -0.462 e. The fourth-order valence-electron chi connectivity index (χ4n) is 10.1. The molecule has 0 bridgehead atoms. The fraction of sp³-hybridized carbons (Fsp3) is 0.704. The maximum Gasteiger partial charge on any atom is 0.472 e. The predicted octanol–water partition coefficient (Wildman–Crippen LogP) is 22.3. The van der Waals surface area contributed by atoms with Gasteiger partial charge in [-0.2, -0.15) is 0 Å². The van der Waals surface area contributed by atoms with Crippen LogP contribution in [-0.4, -0.2) is 96.7 Å². The topological polar surface area (TPSA) is 237 Å². The van der Waals surface area contributed by atoms with Gasteiger partial charge in [0.15, 0.2) is 12.2 Å². The first kappa shape index (κ1) is 95.5. The van der Waals surface area contributed by atoms with E-state index in [2.05, 4.69) is 149 Å². The third kappa shape index (κ3) is 71.8. The van der Waals surface area contributed by atoms with Crippen molar-refractivity contribution in [1.82, 2.24) is 0 Å². The fourth-order valence-corrected chi connectivity index (χ4v) is 11.6. The second kappa shape index (κ2) is 72.8. The SMILES string of the molecule is CC/C=C\C/C=C\C/C=C\C/C=C\CCCCCCCCC(=O)OCC(COP(=O)(O)OCC(O)COP(=O)(O)OCC(COC(=O)CCCCCCC/C=C\C/C=C\CCC)OC(=O)CCCCCCCCCCCCCCC)OC(=O)CCCC/C=C\C/C=C\C/C=C\C/C=C\CC. The number of aliphatic hydroxyl groups excluding tert-OH is 1. The lowest BCUT2D eigenvalue weighted by molar-refractivity contribution is -0.161. The van der Waals surface area contributed by atoms with Crippen molar-refractivity contribution >= 4 is 39.5 Å². The van der Waals surface area contributed by atoms with Crippen LogP contribution >= 0.6 is 15.6 Å². The molecule has 100 heavy (non-hydrogen) atoms. The molecule has 0 aromatic carbocycles. The zero-order valence-electron chi connectivity index (χ0n) is 62.6. The molecular weight excluding hydrogens is 1310 g/mol. The van der Waals surface area contributed by atoms with E-state index in [1.165, 1.54) is 51.4 Å². The van der Waals surface area contributed by atoms with Gasteiger partial charge in [0.1, 0.15) is 19.3 Å². The highest BCUT2D eigenvalue weighted by Crippen LogP contribution is 2.45. The van der Waals surface area contributed by atoms with E-state index in [9.17, 15) is 43.2 Å². The average molecular weight is 1450 g/mol. The third-order valence-corrected chi connectivity index (χ3v) is 17.8. The number of phosphoric acid groups is 2. The summed E-state index contributed by atoms with van der Waals surface area (Å²) < 4.78 is 68.5. The Bertz CT molecular complexity index is 2370.